The van der Waals surface area contributed by atoms with Crippen molar-refractivity contribution in [2.24, 2.45) is 7.05 Å². The molecule has 6 aromatic rings. The molecule has 10 heteroatoms. The summed E-state index contributed by atoms with van der Waals surface area (Å²) in [6, 6.07) is 31.7. The van der Waals surface area contributed by atoms with Gasteiger partial charge in [0.2, 0.25) is 0 Å². The van der Waals surface area contributed by atoms with Crippen molar-refractivity contribution >= 4 is 28.7 Å². The number of fused-ring (bicyclic) bond motifs is 1. The Morgan fingerprint density at radius 1 is 0.896 bits per heavy atom. The van der Waals surface area contributed by atoms with Gasteiger partial charge >= 0.3 is 0 Å². The molecule has 1 amide bonds. The van der Waals surface area contributed by atoms with Crippen LogP contribution in [0.25, 0.3) is 22.2 Å². The minimum absolute atomic E-state index is 0.0000297. The van der Waals surface area contributed by atoms with Crippen LogP contribution in [0.15, 0.2) is 121 Å². The number of ether oxygens (including phenoxy) is 2. The Morgan fingerprint density at radius 3 is 2.48 bits per heavy atom. The second kappa shape index (κ2) is 14.5. The Morgan fingerprint density at radius 2 is 1.69 bits per heavy atom. The van der Waals surface area contributed by atoms with E-state index in [4.69, 9.17) is 9.47 Å². The molecule has 0 spiro atoms. The monoisotopic (exact) mass is 657 g/mol. The van der Waals surface area contributed by atoms with Crippen LogP contribution in [0.3, 0.4) is 0 Å². The van der Waals surface area contributed by atoms with Crippen molar-refractivity contribution in [3.8, 4) is 11.1 Å². The number of carbonyl (C=O) groups is 1. The van der Waals surface area contributed by atoms with Gasteiger partial charge in [-0.15, -0.1) is 0 Å². The van der Waals surface area contributed by atoms with Crippen molar-refractivity contribution in [3.63, 3.8) is 0 Å². The zero-order valence-electron chi connectivity index (χ0n) is 26.4. The van der Waals surface area contributed by atoms with Gasteiger partial charge in [0.25, 0.3) is 5.91 Å². The number of amides is 1. The maximum absolute atomic E-state index is 12.9. The molecular weight excluding hydrogens is 623 g/mol. The molecule has 0 saturated carbocycles. The Labute approximate surface area is 283 Å². The van der Waals surface area contributed by atoms with E-state index in [0.717, 1.165) is 49.8 Å². The Hall–Kier alpha value is -4.87. The quantitative estimate of drug-likeness (QED) is 0.155. The number of nitrogens with one attached hydrogen (secondary N) is 1. The van der Waals surface area contributed by atoms with Gasteiger partial charge in [0.05, 0.1) is 36.0 Å². The zero-order chi connectivity index (χ0) is 32.9. The van der Waals surface area contributed by atoms with Crippen LogP contribution in [0.1, 0.15) is 51.6 Å². The predicted octanol–water partition coefficient (Wildman–Crippen LogP) is 6.79. The number of para-hydroxylation sites is 2. The van der Waals surface area contributed by atoms with E-state index >= 15 is 0 Å². The van der Waals surface area contributed by atoms with Crippen LogP contribution in [-0.4, -0.2) is 42.4 Å². The van der Waals surface area contributed by atoms with Gasteiger partial charge < -0.3 is 24.5 Å². The zero-order valence-corrected chi connectivity index (χ0v) is 27.2. The van der Waals surface area contributed by atoms with Crippen molar-refractivity contribution in [1.82, 2.24) is 24.8 Å². The first-order valence-electron chi connectivity index (χ1n) is 15.8. The van der Waals surface area contributed by atoms with E-state index in [1.54, 1.807) is 18.0 Å². The van der Waals surface area contributed by atoms with Crippen LogP contribution in [0.4, 0.5) is 0 Å². The summed E-state index contributed by atoms with van der Waals surface area (Å²) in [4.78, 5) is 26.2. The summed E-state index contributed by atoms with van der Waals surface area (Å²) in [5, 5.41) is 13.5. The van der Waals surface area contributed by atoms with Crippen LogP contribution >= 0.6 is 11.8 Å². The second-order valence-electron chi connectivity index (χ2n) is 11.7. The molecule has 3 heterocycles. The van der Waals surface area contributed by atoms with E-state index in [9.17, 15) is 9.90 Å². The fourth-order valence-electron chi connectivity index (χ4n) is 5.75. The van der Waals surface area contributed by atoms with Gasteiger partial charge in [-0.05, 0) is 52.1 Å². The highest BCUT2D eigenvalue weighted by atomic mass is 32.2. The number of aryl methyl sites for hydroxylation is 1. The first kappa shape index (κ1) is 31.7. The molecule has 9 nitrogen and oxygen atoms in total. The van der Waals surface area contributed by atoms with Gasteiger partial charge in [0.15, 0.2) is 11.4 Å². The minimum Gasteiger partial charge on any atom is -0.392 e. The number of imidazole rings is 1. The van der Waals surface area contributed by atoms with Gasteiger partial charge in [0.1, 0.15) is 5.69 Å². The fourth-order valence-corrected chi connectivity index (χ4v) is 6.70. The van der Waals surface area contributed by atoms with Gasteiger partial charge in [-0.1, -0.05) is 84.6 Å². The van der Waals surface area contributed by atoms with Crippen LogP contribution in [0.5, 0.6) is 0 Å². The molecule has 0 bridgehead atoms. The number of hydrogen-bond donors (Lipinski definition) is 2. The summed E-state index contributed by atoms with van der Waals surface area (Å²) in [6.07, 6.45) is 5.13. The van der Waals surface area contributed by atoms with E-state index < -0.39 is 6.29 Å². The number of carbonyl (C=O) groups excluding carboxylic acids is 1. The number of nitrogens with zero attached hydrogens (tertiary/aromatic N) is 4. The van der Waals surface area contributed by atoms with Crippen molar-refractivity contribution in [2.45, 2.75) is 43.2 Å². The van der Waals surface area contributed by atoms with Gasteiger partial charge in [0, 0.05) is 43.7 Å². The molecule has 48 heavy (non-hydrogen) atoms. The van der Waals surface area contributed by atoms with Crippen molar-refractivity contribution in [3.05, 3.63) is 144 Å². The first-order chi connectivity index (χ1) is 23.5. The van der Waals surface area contributed by atoms with E-state index in [2.05, 4.69) is 44.5 Å². The summed E-state index contributed by atoms with van der Waals surface area (Å²) in [5.74, 6) is 0.456. The molecule has 0 radical (unpaired) electrons. The molecule has 4 aromatic carbocycles. The average molecular weight is 658 g/mol. The third-order valence-corrected chi connectivity index (χ3v) is 9.53. The molecule has 1 saturated heterocycles. The highest BCUT2D eigenvalue weighted by molar-refractivity contribution is 7.99. The Kier molecular flexibility index (Phi) is 9.57. The molecule has 0 unspecified atom stereocenters. The van der Waals surface area contributed by atoms with Crippen molar-refractivity contribution < 1.29 is 19.4 Å². The number of aliphatic hydroxyl groups is 1. The molecule has 7 rings (SSSR count). The average Bonchev–Trinajstić information content (AvgIpc) is 3.57. The van der Waals surface area contributed by atoms with Crippen LogP contribution in [0.2, 0.25) is 0 Å². The third kappa shape index (κ3) is 7.32. The van der Waals surface area contributed by atoms with Gasteiger partial charge in [-0.3, -0.25) is 9.78 Å². The first-order valence-corrected chi connectivity index (χ1v) is 16.8. The summed E-state index contributed by atoms with van der Waals surface area (Å²) in [7, 11) is 1.99. The van der Waals surface area contributed by atoms with E-state index in [0.29, 0.717) is 18.5 Å². The number of hydrogen-bond acceptors (Lipinski definition) is 8. The Balaban J connectivity index is 1.07. The van der Waals surface area contributed by atoms with Gasteiger partial charge in [-0.2, -0.15) is 0 Å². The van der Waals surface area contributed by atoms with Crippen LogP contribution in [-0.2, 0) is 29.7 Å². The molecule has 242 valence electrons. The van der Waals surface area contributed by atoms with Crippen LogP contribution in [0, 0.1) is 0 Å². The van der Waals surface area contributed by atoms with Crippen LogP contribution < -0.4 is 5.32 Å². The standard InChI is InChI=1S/C38H35N5O4S/c1-43-17-16-39-38(43)48-24-31-20-35(27-14-12-25(23-44)13-15-27)47-37(46-31)30-9-5-8-29(19-30)28-7-4-6-26(18-28)21-41-36(45)34-22-40-32-10-2-3-11-33(32)42-34/h2-19,22,31,35,37,44H,20-21,23-24H2,1H3,(H,41,45)/t31-,35+,37+/m0/s1. The summed E-state index contributed by atoms with van der Waals surface area (Å²) >= 11 is 1.67. The van der Waals surface area contributed by atoms with Crippen molar-refractivity contribution in [1.29, 1.82) is 0 Å². The topological polar surface area (TPSA) is 111 Å². The summed E-state index contributed by atoms with van der Waals surface area (Å²) < 4.78 is 15.2. The molecular formula is C38H35N5O4S. The highest BCUT2D eigenvalue weighted by Crippen LogP contribution is 2.40. The van der Waals surface area contributed by atoms with Gasteiger partial charge in [-0.25, -0.2) is 9.97 Å². The van der Waals surface area contributed by atoms with E-state index in [1.807, 2.05) is 90.6 Å². The number of aromatic nitrogens is 4. The summed E-state index contributed by atoms with van der Waals surface area (Å²) in [5.41, 5.74) is 7.54. The lowest BCUT2D eigenvalue weighted by Gasteiger charge is -2.36. The number of benzene rings is 4. The molecule has 1 fully saturated rings. The SMILES string of the molecule is Cn1ccnc1SC[C@@H]1C[C@H](c2ccc(CO)cc2)O[C@H](c2cccc(-c3cccc(CNC(=O)c4cnc5ccccc5n4)c3)c2)O1. The molecule has 3 atom stereocenters. The van der Waals surface area contributed by atoms with E-state index in [1.165, 1.54) is 6.20 Å². The molecule has 0 aliphatic carbocycles. The number of rotatable bonds is 10. The smallest absolute Gasteiger partial charge is 0.271 e. The largest absolute Gasteiger partial charge is 0.392 e. The maximum atomic E-state index is 12.9. The lowest BCUT2D eigenvalue weighted by atomic mass is 9.99. The molecule has 2 aromatic heterocycles. The third-order valence-electron chi connectivity index (χ3n) is 8.34. The highest BCUT2D eigenvalue weighted by Gasteiger charge is 2.32. The second-order valence-corrected chi connectivity index (χ2v) is 12.7. The minimum atomic E-state index is -0.571. The number of thioether (sulfide) groups is 1. The lowest BCUT2D eigenvalue weighted by Crippen LogP contribution is -2.31. The molecule has 1 aliphatic rings. The van der Waals surface area contributed by atoms with Crippen molar-refractivity contribution in [2.75, 3.05) is 5.75 Å². The predicted molar refractivity (Wildman–Crippen MR) is 185 cm³/mol. The van der Waals surface area contributed by atoms with E-state index in [-0.39, 0.29) is 30.4 Å². The fraction of sp³-hybridized carbons (Fsp3) is 0.211. The Bertz CT molecular complexity index is 2030. The maximum Gasteiger partial charge on any atom is 0.271 e. The molecule has 1 aliphatic heterocycles. The normalized spacial score (nSPS) is 17.8. The lowest BCUT2D eigenvalue weighted by molar-refractivity contribution is -0.245. The number of aliphatic hydroxyl groups excluding tert-OH is 1. The summed E-state index contributed by atoms with van der Waals surface area (Å²) in [6.45, 7) is 0.349. The molecule has 2 N–H and O–H groups in total.